The number of nitrogens with one attached hydrogen (secondary N) is 4. The molecule has 0 aliphatic carbocycles. The first-order valence-electron chi connectivity index (χ1n) is 10.8. The second-order valence-corrected chi connectivity index (χ2v) is 8.94. The van der Waals surface area contributed by atoms with Gasteiger partial charge in [0.25, 0.3) is 11.7 Å². The highest BCUT2D eigenvalue weighted by Gasteiger charge is 2.25. The molecule has 178 valence electrons. The fraction of sp³-hybridized carbons (Fsp3) is 0.273. The maximum atomic E-state index is 12.7. The molecule has 0 aliphatic heterocycles. The molecule has 0 spiro atoms. The molecule has 0 radical (unpaired) electrons. The van der Waals surface area contributed by atoms with Gasteiger partial charge in [0.05, 0.1) is 12.2 Å². The van der Waals surface area contributed by atoms with Crippen molar-refractivity contribution in [3.8, 4) is 11.5 Å². The molecule has 0 unspecified atom stereocenters. The minimum Gasteiger partial charge on any atom is -0.363 e. The first-order valence-corrected chi connectivity index (χ1v) is 10.8. The number of aromatic amines is 2. The van der Waals surface area contributed by atoms with Gasteiger partial charge in [-0.2, -0.15) is 0 Å². The largest absolute Gasteiger partial charge is 0.363 e. The first-order chi connectivity index (χ1) is 16.8. The lowest BCUT2D eigenvalue weighted by Crippen LogP contribution is -2.27. The zero-order valence-corrected chi connectivity index (χ0v) is 19.4. The Morgan fingerprint density at radius 1 is 1.14 bits per heavy atom. The van der Waals surface area contributed by atoms with Crippen molar-refractivity contribution in [1.29, 1.82) is 0 Å². The number of anilines is 2. The summed E-state index contributed by atoms with van der Waals surface area (Å²) < 4.78 is 10.3. The number of amides is 1. The summed E-state index contributed by atoms with van der Waals surface area (Å²) in [6.45, 7) is 7.94. The van der Waals surface area contributed by atoms with Crippen LogP contribution in [0.15, 0.2) is 46.0 Å². The Balaban J connectivity index is 1.29. The number of hydrogen-bond acceptors (Lipinski definition) is 10. The summed E-state index contributed by atoms with van der Waals surface area (Å²) in [6.07, 6.45) is 4.45. The van der Waals surface area contributed by atoms with Crippen LogP contribution in [0.25, 0.3) is 22.7 Å². The van der Waals surface area contributed by atoms with Crippen molar-refractivity contribution in [3.63, 3.8) is 0 Å². The smallest absolute Gasteiger partial charge is 0.303 e. The van der Waals surface area contributed by atoms with Crippen LogP contribution >= 0.6 is 0 Å². The van der Waals surface area contributed by atoms with Crippen LogP contribution in [0.5, 0.6) is 0 Å². The Morgan fingerprint density at radius 2 is 2.00 bits per heavy atom. The van der Waals surface area contributed by atoms with Crippen molar-refractivity contribution in [1.82, 2.24) is 40.6 Å². The van der Waals surface area contributed by atoms with Gasteiger partial charge in [-0.3, -0.25) is 9.78 Å². The number of carbonyl (C=O) groups is 1. The number of fused-ring (bicyclic) bond motifs is 1. The number of rotatable bonds is 6. The van der Waals surface area contributed by atoms with Gasteiger partial charge in [-0.05, 0) is 6.92 Å². The van der Waals surface area contributed by atoms with Crippen LogP contribution in [0.1, 0.15) is 55.8 Å². The summed E-state index contributed by atoms with van der Waals surface area (Å²) in [5.41, 5.74) is 1.96. The molecule has 5 aromatic rings. The normalized spacial score (nSPS) is 12.6. The predicted octanol–water partition coefficient (Wildman–Crippen LogP) is 2.74. The Morgan fingerprint density at radius 3 is 2.77 bits per heavy atom. The van der Waals surface area contributed by atoms with E-state index in [-0.39, 0.29) is 11.1 Å². The van der Waals surface area contributed by atoms with Gasteiger partial charge in [0, 0.05) is 23.6 Å². The molecule has 4 N–H and O–H groups in total. The van der Waals surface area contributed by atoms with E-state index in [4.69, 9.17) is 9.05 Å². The molecule has 35 heavy (non-hydrogen) atoms. The summed E-state index contributed by atoms with van der Waals surface area (Å²) in [4.78, 5) is 36.3. The summed E-state index contributed by atoms with van der Waals surface area (Å²) in [6, 6.07) is 4.41. The average Bonchev–Trinajstić information content (AvgIpc) is 3.58. The average molecular weight is 475 g/mol. The van der Waals surface area contributed by atoms with E-state index in [2.05, 4.69) is 71.6 Å². The molecule has 13 heteroatoms. The molecule has 5 rings (SSSR count). The molecule has 0 aliphatic rings. The number of imidazole rings is 1. The molecule has 0 bridgehead atoms. The van der Waals surface area contributed by atoms with E-state index in [0.29, 0.717) is 34.6 Å². The highest BCUT2D eigenvalue weighted by molar-refractivity contribution is 5.93. The van der Waals surface area contributed by atoms with Gasteiger partial charge in [0.2, 0.25) is 5.82 Å². The third-order valence-electron chi connectivity index (χ3n) is 5.12. The molecule has 13 nitrogen and oxygen atoms in total. The molecule has 0 saturated heterocycles. The van der Waals surface area contributed by atoms with E-state index in [9.17, 15) is 4.79 Å². The number of aromatic nitrogens is 8. The molecule has 5 aromatic heterocycles. The quantitative estimate of drug-likeness (QED) is 0.331. The highest BCUT2D eigenvalue weighted by atomic mass is 16.5. The second kappa shape index (κ2) is 8.59. The number of H-pyrrole nitrogens is 2. The van der Waals surface area contributed by atoms with Crippen LogP contribution in [0.3, 0.4) is 0 Å². The number of hydrogen-bond donors (Lipinski definition) is 3. The van der Waals surface area contributed by atoms with E-state index < -0.39 is 11.9 Å². The van der Waals surface area contributed by atoms with Crippen LogP contribution in [-0.2, 0) is 5.41 Å². The Labute approximate surface area is 198 Å². The Hall–Kier alpha value is -4.68. The summed E-state index contributed by atoms with van der Waals surface area (Å²) >= 11 is 0. The lowest BCUT2D eigenvalue weighted by Gasteiger charge is -2.11. The minimum absolute atomic E-state index is 0.176. The number of nitrogens with zero attached hydrogens (tertiary/aromatic N) is 6. The van der Waals surface area contributed by atoms with Gasteiger partial charge in [-0.15, -0.1) is 0 Å². The van der Waals surface area contributed by atoms with Gasteiger partial charge in [0.15, 0.2) is 22.8 Å². The lowest BCUT2D eigenvalue weighted by atomic mass is 9.96. The van der Waals surface area contributed by atoms with Gasteiger partial charge >= 0.3 is 5.65 Å². The topological polar surface area (TPSA) is 175 Å². The summed E-state index contributed by atoms with van der Waals surface area (Å²) in [5.74, 6) is 2.29. The maximum Gasteiger partial charge on any atom is 0.303 e. The zero-order valence-electron chi connectivity index (χ0n) is 19.4. The first kappa shape index (κ1) is 22.1. The van der Waals surface area contributed by atoms with Crippen molar-refractivity contribution in [2.75, 3.05) is 5.32 Å². The van der Waals surface area contributed by atoms with Gasteiger partial charge in [-0.1, -0.05) is 36.1 Å². The number of carbonyl (C=O) groups excluding carboxylic acids is 1. The fourth-order valence-electron chi connectivity index (χ4n) is 3.25. The zero-order chi connectivity index (χ0) is 24.6. The molecule has 0 aromatic carbocycles. The third kappa shape index (κ3) is 4.69. The minimum atomic E-state index is -0.470. The molecular weight excluding hydrogens is 452 g/mol. The SMILES string of the molecule is C[C@@H](NC(=O)c1cc(Nc2ccon2)ncn1)c1cc(-c2[nH]c3cnc(C(C)(C)C)nc3[nH+]2)no1. The summed E-state index contributed by atoms with van der Waals surface area (Å²) in [5, 5.41) is 13.6. The molecule has 1 amide bonds. The lowest BCUT2D eigenvalue weighted by molar-refractivity contribution is -0.334. The molecule has 0 saturated carbocycles. The monoisotopic (exact) mass is 475 g/mol. The van der Waals surface area contributed by atoms with Gasteiger partial charge in [-0.25, -0.2) is 19.9 Å². The third-order valence-corrected chi connectivity index (χ3v) is 5.12. The predicted molar refractivity (Wildman–Crippen MR) is 122 cm³/mol. The van der Waals surface area contributed by atoms with E-state index in [1.807, 2.05) is 0 Å². The second-order valence-electron chi connectivity index (χ2n) is 8.94. The van der Waals surface area contributed by atoms with E-state index in [0.717, 1.165) is 11.3 Å². The highest BCUT2D eigenvalue weighted by Crippen LogP contribution is 2.22. The Bertz CT molecular complexity index is 1480. The van der Waals surface area contributed by atoms with Gasteiger partial charge < -0.3 is 19.7 Å². The van der Waals surface area contributed by atoms with Crippen LogP contribution in [0.2, 0.25) is 0 Å². The van der Waals surface area contributed by atoms with E-state index >= 15 is 0 Å². The van der Waals surface area contributed by atoms with E-state index in [1.165, 1.54) is 18.7 Å². The van der Waals surface area contributed by atoms with Crippen LogP contribution in [0, 0.1) is 0 Å². The van der Waals surface area contributed by atoms with Crippen molar-refractivity contribution in [3.05, 3.63) is 54.3 Å². The standard InChI is InChI=1S/C22H22N10O3/c1-11(26-20(33)13-8-17(25-10-24-13)28-16-5-6-34-32-16)15-7-12(31-35-15)18-27-14-9-23-21(22(2,3)4)30-19(14)29-18/h5-11H,1-4H3,(H,26,33)(H,23,27,29,30)(H,24,25,28,32)/p+1/t11-/m1/s1. The van der Waals surface area contributed by atoms with Crippen molar-refractivity contribution in [2.24, 2.45) is 0 Å². The van der Waals surface area contributed by atoms with Crippen LogP contribution < -0.4 is 15.6 Å². The van der Waals surface area contributed by atoms with Gasteiger partial charge in [0.1, 0.15) is 24.1 Å². The molecule has 0 fully saturated rings. The summed E-state index contributed by atoms with van der Waals surface area (Å²) in [7, 11) is 0. The van der Waals surface area contributed by atoms with Crippen molar-refractivity contribution >= 4 is 28.7 Å². The fourth-order valence-corrected chi connectivity index (χ4v) is 3.25. The van der Waals surface area contributed by atoms with E-state index in [1.54, 1.807) is 25.3 Å². The van der Waals surface area contributed by atoms with Crippen LogP contribution in [0.4, 0.5) is 11.6 Å². The Kier molecular flexibility index (Phi) is 5.43. The molecule has 1 atom stereocenters. The van der Waals surface area contributed by atoms with Crippen LogP contribution in [-0.4, -0.2) is 41.1 Å². The van der Waals surface area contributed by atoms with Crippen molar-refractivity contribution in [2.45, 2.75) is 39.2 Å². The van der Waals surface area contributed by atoms with Crippen molar-refractivity contribution < 1.29 is 18.8 Å². The molecule has 5 heterocycles. The maximum absolute atomic E-state index is 12.7. The molecular formula is C22H23N10O3+.